The highest BCUT2D eigenvalue weighted by Crippen LogP contribution is 2.34. The monoisotopic (exact) mass is 372 g/mol. The first-order valence-corrected chi connectivity index (χ1v) is 8.70. The van der Waals surface area contributed by atoms with Gasteiger partial charge in [0.2, 0.25) is 0 Å². The summed E-state index contributed by atoms with van der Waals surface area (Å²) in [7, 11) is 4.76. The van der Waals surface area contributed by atoms with Gasteiger partial charge in [-0.05, 0) is 25.5 Å². The van der Waals surface area contributed by atoms with Gasteiger partial charge in [-0.25, -0.2) is 9.97 Å². The lowest BCUT2D eigenvalue weighted by atomic mass is 10.2. The first kappa shape index (κ1) is 17.9. The standard InChI is InChI=1S/C18H20N4O3S/c1-10-11(2)26-18-16(10)17(19-9-20-18)22-21-8-12-6-14(24-4)15(25-5)7-13(12)23-3/h6-9H,1-5H3,(H,19,20,22)/b21-8+. The van der Waals surface area contributed by atoms with Crippen molar-refractivity contribution in [3.63, 3.8) is 0 Å². The summed E-state index contributed by atoms with van der Waals surface area (Å²) in [5, 5.41) is 5.31. The average molecular weight is 372 g/mol. The van der Waals surface area contributed by atoms with Crippen LogP contribution >= 0.6 is 11.3 Å². The highest BCUT2D eigenvalue weighted by molar-refractivity contribution is 7.18. The molecular formula is C18H20N4O3S. The maximum absolute atomic E-state index is 5.40. The topological polar surface area (TPSA) is 77.9 Å². The number of fused-ring (bicyclic) bond motifs is 1. The number of hydrazone groups is 1. The van der Waals surface area contributed by atoms with Crippen LogP contribution in [0.4, 0.5) is 5.82 Å². The third kappa shape index (κ3) is 3.28. The second-order valence-corrected chi connectivity index (χ2v) is 6.71. The molecule has 0 radical (unpaired) electrons. The molecule has 0 aliphatic heterocycles. The smallest absolute Gasteiger partial charge is 0.164 e. The highest BCUT2D eigenvalue weighted by atomic mass is 32.1. The van der Waals surface area contributed by atoms with Gasteiger partial charge < -0.3 is 14.2 Å². The summed E-state index contributed by atoms with van der Waals surface area (Å²) >= 11 is 1.64. The summed E-state index contributed by atoms with van der Waals surface area (Å²) in [4.78, 5) is 10.8. The molecule has 0 fully saturated rings. The van der Waals surface area contributed by atoms with E-state index in [1.165, 1.54) is 11.2 Å². The van der Waals surface area contributed by atoms with Gasteiger partial charge >= 0.3 is 0 Å². The van der Waals surface area contributed by atoms with Crippen LogP contribution in [-0.4, -0.2) is 37.5 Å². The van der Waals surface area contributed by atoms with Crippen LogP contribution in [0.1, 0.15) is 16.0 Å². The molecule has 3 rings (SSSR count). The van der Waals surface area contributed by atoms with E-state index in [1.54, 1.807) is 51.0 Å². The lowest BCUT2D eigenvalue weighted by Gasteiger charge is -2.11. The van der Waals surface area contributed by atoms with Crippen molar-refractivity contribution < 1.29 is 14.2 Å². The minimum absolute atomic E-state index is 0.594. The molecule has 0 amide bonds. The van der Waals surface area contributed by atoms with Gasteiger partial charge in [-0.1, -0.05) is 0 Å². The fraction of sp³-hybridized carbons (Fsp3) is 0.278. The van der Waals surface area contributed by atoms with Crippen LogP contribution in [0.3, 0.4) is 0 Å². The fourth-order valence-corrected chi connectivity index (χ4v) is 3.58. The molecule has 0 saturated carbocycles. The van der Waals surface area contributed by atoms with Gasteiger partial charge in [-0.2, -0.15) is 5.10 Å². The number of nitrogens with one attached hydrogen (secondary N) is 1. The first-order valence-electron chi connectivity index (χ1n) is 7.88. The molecule has 0 spiro atoms. The lowest BCUT2D eigenvalue weighted by Crippen LogP contribution is -1.99. The Morgan fingerprint density at radius 3 is 2.38 bits per heavy atom. The average Bonchev–Trinajstić information content (AvgIpc) is 2.96. The third-order valence-corrected chi connectivity index (χ3v) is 5.19. The number of benzene rings is 1. The Labute approximate surface area is 155 Å². The van der Waals surface area contributed by atoms with E-state index in [-0.39, 0.29) is 0 Å². The zero-order valence-electron chi connectivity index (χ0n) is 15.3. The summed E-state index contributed by atoms with van der Waals surface area (Å²) in [6, 6.07) is 3.56. The van der Waals surface area contributed by atoms with Crippen LogP contribution in [-0.2, 0) is 0 Å². The lowest BCUT2D eigenvalue weighted by molar-refractivity contribution is 0.349. The molecule has 3 aromatic rings. The molecule has 0 bridgehead atoms. The molecule has 0 aliphatic carbocycles. The van der Waals surface area contributed by atoms with Crippen LogP contribution in [0, 0.1) is 13.8 Å². The second kappa shape index (κ2) is 7.57. The highest BCUT2D eigenvalue weighted by Gasteiger charge is 2.12. The van der Waals surface area contributed by atoms with Crippen molar-refractivity contribution in [3.05, 3.63) is 34.5 Å². The Morgan fingerprint density at radius 1 is 1.00 bits per heavy atom. The molecule has 0 saturated heterocycles. The normalized spacial score (nSPS) is 11.1. The molecular weight excluding hydrogens is 352 g/mol. The number of hydrogen-bond donors (Lipinski definition) is 1. The van der Waals surface area contributed by atoms with Crippen molar-refractivity contribution >= 4 is 33.6 Å². The maximum Gasteiger partial charge on any atom is 0.164 e. The van der Waals surface area contributed by atoms with Crippen molar-refractivity contribution in [2.24, 2.45) is 5.10 Å². The summed E-state index contributed by atoms with van der Waals surface area (Å²) in [5.41, 5.74) is 4.92. The number of anilines is 1. The number of rotatable bonds is 6. The SMILES string of the molecule is COc1cc(OC)c(OC)cc1/C=N/Nc1ncnc2sc(C)c(C)c12. The number of aryl methyl sites for hydroxylation is 2. The van der Waals surface area contributed by atoms with Gasteiger partial charge in [0, 0.05) is 16.5 Å². The van der Waals surface area contributed by atoms with E-state index in [1.807, 2.05) is 0 Å². The summed E-state index contributed by atoms with van der Waals surface area (Å²) in [6.45, 7) is 4.13. The number of hydrogen-bond acceptors (Lipinski definition) is 8. The van der Waals surface area contributed by atoms with E-state index in [0.717, 1.165) is 21.3 Å². The van der Waals surface area contributed by atoms with Gasteiger partial charge in [0.25, 0.3) is 0 Å². The van der Waals surface area contributed by atoms with E-state index < -0.39 is 0 Å². The minimum atomic E-state index is 0.594. The van der Waals surface area contributed by atoms with E-state index in [9.17, 15) is 0 Å². The Balaban J connectivity index is 1.92. The molecule has 136 valence electrons. The Morgan fingerprint density at radius 2 is 1.69 bits per heavy atom. The Bertz CT molecular complexity index is 969. The zero-order chi connectivity index (χ0) is 18.7. The van der Waals surface area contributed by atoms with E-state index in [2.05, 4.69) is 34.3 Å². The summed E-state index contributed by atoms with van der Waals surface area (Å²) in [6.07, 6.45) is 3.19. The summed E-state index contributed by atoms with van der Waals surface area (Å²) < 4.78 is 16.0. The molecule has 8 heteroatoms. The maximum atomic E-state index is 5.40. The molecule has 7 nitrogen and oxygen atoms in total. The molecule has 0 unspecified atom stereocenters. The third-order valence-electron chi connectivity index (χ3n) is 4.08. The van der Waals surface area contributed by atoms with Gasteiger partial charge in [0.05, 0.1) is 32.9 Å². The predicted molar refractivity (Wildman–Crippen MR) is 104 cm³/mol. The largest absolute Gasteiger partial charge is 0.496 e. The van der Waals surface area contributed by atoms with Crippen molar-refractivity contribution in [2.75, 3.05) is 26.8 Å². The van der Waals surface area contributed by atoms with E-state index >= 15 is 0 Å². The number of ether oxygens (including phenoxy) is 3. The molecule has 2 aromatic heterocycles. The number of aromatic nitrogens is 2. The van der Waals surface area contributed by atoms with Crippen LogP contribution in [0.15, 0.2) is 23.6 Å². The molecule has 1 aromatic carbocycles. The molecule has 0 aliphatic rings. The van der Waals surface area contributed by atoms with Gasteiger partial charge in [-0.15, -0.1) is 11.3 Å². The van der Waals surface area contributed by atoms with Crippen LogP contribution in [0.2, 0.25) is 0 Å². The van der Waals surface area contributed by atoms with E-state index in [4.69, 9.17) is 14.2 Å². The zero-order valence-corrected chi connectivity index (χ0v) is 16.1. The van der Waals surface area contributed by atoms with Gasteiger partial charge in [0.15, 0.2) is 17.3 Å². The molecule has 26 heavy (non-hydrogen) atoms. The Hall–Kier alpha value is -2.87. The van der Waals surface area contributed by atoms with Crippen molar-refractivity contribution in [1.82, 2.24) is 9.97 Å². The van der Waals surface area contributed by atoms with E-state index in [0.29, 0.717) is 23.1 Å². The van der Waals surface area contributed by atoms with Crippen molar-refractivity contribution in [1.29, 1.82) is 0 Å². The van der Waals surface area contributed by atoms with Crippen molar-refractivity contribution in [2.45, 2.75) is 13.8 Å². The number of thiophene rings is 1. The molecule has 1 N–H and O–H groups in total. The molecule has 2 heterocycles. The van der Waals surface area contributed by atoms with Crippen LogP contribution in [0.25, 0.3) is 10.2 Å². The van der Waals surface area contributed by atoms with Crippen molar-refractivity contribution in [3.8, 4) is 17.2 Å². The van der Waals surface area contributed by atoms with Crippen LogP contribution in [0.5, 0.6) is 17.2 Å². The first-order chi connectivity index (χ1) is 12.6. The summed E-state index contributed by atoms with van der Waals surface area (Å²) in [5.74, 6) is 2.50. The predicted octanol–water partition coefficient (Wildman–Crippen LogP) is 3.78. The quantitative estimate of drug-likeness (QED) is 0.524. The van der Waals surface area contributed by atoms with Crippen LogP contribution < -0.4 is 19.6 Å². The fourth-order valence-electron chi connectivity index (χ4n) is 2.58. The van der Waals surface area contributed by atoms with Gasteiger partial charge in [-0.3, -0.25) is 5.43 Å². The number of nitrogens with zero attached hydrogens (tertiary/aromatic N) is 3. The number of methoxy groups -OCH3 is 3. The molecule has 0 atom stereocenters. The Kier molecular flexibility index (Phi) is 5.22. The van der Waals surface area contributed by atoms with Gasteiger partial charge in [0.1, 0.15) is 16.9 Å². The second-order valence-electron chi connectivity index (χ2n) is 5.50. The minimum Gasteiger partial charge on any atom is -0.496 e.